The Labute approximate surface area is 170 Å². The summed E-state index contributed by atoms with van der Waals surface area (Å²) in [6.45, 7) is 4.25. The van der Waals surface area contributed by atoms with Crippen LogP contribution >= 0.6 is 24.0 Å². The Morgan fingerprint density at radius 2 is 2.07 bits per heavy atom. The molecule has 1 aliphatic rings. The largest absolute Gasteiger partial charge is 0.478 e. The average molecular weight is 437 g/mol. The van der Waals surface area contributed by atoms with Gasteiger partial charge in [0.2, 0.25) is 6.10 Å². The van der Waals surface area contributed by atoms with E-state index in [9.17, 15) is 18.0 Å². The van der Waals surface area contributed by atoms with Crippen molar-refractivity contribution in [1.82, 2.24) is 9.55 Å². The lowest BCUT2D eigenvalue weighted by Gasteiger charge is -2.27. The number of rotatable bonds is 4. The molecule has 0 spiro atoms. The molecule has 1 aromatic carbocycles. The molecular weight excluding hydrogens is 420 g/mol. The molecule has 1 unspecified atom stereocenters. The number of imidazole rings is 1. The van der Waals surface area contributed by atoms with Gasteiger partial charge in [-0.3, -0.25) is 0 Å². The van der Waals surface area contributed by atoms with Crippen molar-refractivity contribution in [2.24, 2.45) is 0 Å². The van der Waals surface area contributed by atoms with Gasteiger partial charge in [-0.1, -0.05) is 25.4 Å². The smallest absolute Gasteiger partial charge is 0.430 e. The molecule has 0 bridgehead atoms. The summed E-state index contributed by atoms with van der Waals surface area (Å²) >= 11 is 6.28. The second-order valence-electron chi connectivity index (χ2n) is 6.49. The molecule has 152 valence electrons. The van der Waals surface area contributed by atoms with Crippen LogP contribution in [0.15, 0.2) is 30.1 Å². The Morgan fingerprint density at radius 3 is 2.64 bits per heavy atom. The number of halogens is 5. The van der Waals surface area contributed by atoms with E-state index >= 15 is 0 Å². The fourth-order valence-electron chi connectivity index (χ4n) is 2.94. The van der Waals surface area contributed by atoms with Crippen LogP contribution in [0.4, 0.5) is 13.2 Å². The number of hydrogen-bond acceptors (Lipinski definition) is 3. The predicted molar refractivity (Wildman–Crippen MR) is 100 cm³/mol. The standard InChI is InChI=1S/C18H16ClF3N2O3.ClH/c1-9(2)16-23-3-4-24(16)8-11-7-14-10(6-13(11)19)5-12(17(25)26)15(27-14)18(20,21)22;/h3-7,9,15H,8H2,1-2H3,(H,25,26);1H. The molecule has 1 N–H and O–H groups in total. The topological polar surface area (TPSA) is 64.4 Å². The lowest BCUT2D eigenvalue weighted by Crippen LogP contribution is -2.40. The van der Waals surface area contributed by atoms with Crippen LogP contribution in [0.25, 0.3) is 6.08 Å². The monoisotopic (exact) mass is 436 g/mol. The zero-order chi connectivity index (χ0) is 19.9. The summed E-state index contributed by atoms with van der Waals surface area (Å²) in [6, 6.07) is 2.82. The van der Waals surface area contributed by atoms with Gasteiger partial charge in [0.05, 0.1) is 12.1 Å². The molecule has 1 atom stereocenters. The summed E-state index contributed by atoms with van der Waals surface area (Å²) in [7, 11) is 0. The summed E-state index contributed by atoms with van der Waals surface area (Å²) < 4.78 is 46.5. The van der Waals surface area contributed by atoms with Gasteiger partial charge in [0.1, 0.15) is 11.6 Å². The van der Waals surface area contributed by atoms with Gasteiger partial charge in [-0.2, -0.15) is 13.2 Å². The number of aromatic nitrogens is 2. The molecule has 0 aliphatic carbocycles. The van der Waals surface area contributed by atoms with Gasteiger partial charge in [0.25, 0.3) is 0 Å². The fraction of sp³-hybridized carbons (Fsp3) is 0.333. The summed E-state index contributed by atoms with van der Waals surface area (Å²) in [4.78, 5) is 15.5. The van der Waals surface area contributed by atoms with Crippen molar-refractivity contribution in [3.05, 3.63) is 52.1 Å². The first-order chi connectivity index (χ1) is 12.6. The lowest BCUT2D eigenvalue weighted by molar-refractivity contribution is -0.187. The number of hydrogen-bond donors (Lipinski definition) is 1. The number of nitrogens with zero attached hydrogens (tertiary/aromatic N) is 2. The van der Waals surface area contributed by atoms with E-state index < -0.39 is 23.8 Å². The van der Waals surface area contributed by atoms with Gasteiger partial charge < -0.3 is 14.4 Å². The predicted octanol–water partition coefficient (Wildman–Crippen LogP) is 4.92. The first-order valence-corrected chi connectivity index (χ1v) is 8.47. The van der Waals surface area contributed by atoms with E-state index in [1.54, 1.807) is 12.4 Å². The third kappa shape index (κ3) is 4.28. The number of benzene rings is 1. The Hall–Kier alpha value is -2.19. The van der Waals surface area contributed by atoms with Crippen LogP contribution in [0.3, 0.4) is 0 Å². The van der Waals surface area contributed by atoms with Crippen LogP contribution in [-0.2, 0) is 11.3 Å². The van der Waals surface area contributed by atoms with Crippen molar-refractivity contribution in [3.8, 4) is 5.75 Å². The maximum Gasteiger partial charge on any atom is 0.430 e. The molecule has 5 nitrogen and oxygen atoms in total. The van der Waals surface area contributed by atoms with E-state index in [0.29, 0.717) is 17.1 Å². The molecule has 1 aromatic heterocycles. The first kappa shape index (κ1) is 22.1. The van der Waals surface area contributed by atoms with Crippen molar-refractivity contribution in [2.45, 2.75) is 38.6 Å². The normalized spacial score (nSPS) is 16.1. The molecule has 2 heterocycles. The Bertz CT molecular complexity index is 923. The van der Waals surface area contributed by atoms with Gasteiger partial charge in [-0.05, 0) is 23.8 Å². The zero-order valence-corrected chi connectivity index (χ0v) is 16.4. The van der Waals surface area contributed by atoms with Gasteiger partial charge in [0, 0.05) is 28.9 Å². The fourth-order valence-corrected chi connectivity index (χ4v) is 3.17. The molecule has 0 fully saturated rings. The number of carbonyl (C=O) groups is 1. The van der Waals surface area contributed by atoms with E-state index in [1.807, 2.05) is 18.4 Å². The van der Waals surface area contributed by atoms with Crippen LogP contribution in [0, 0.1) is 0 Å². The van der Waals surface area contributed by atoms with Crippen LogP contribution in [-0.4, -0.2) is 32.9 Å². The minimum Gasteiger partial charge on any atom is -0.478 e. The second kappa shape index (κ2) is 8.05. The third-order valence-corrected chi connectivity index (χ3v) is 4.52. The van der Waals surface area contributed by atoms with Gasteiger partial charge in [-0.25, -0.2) is 9.78 Å². The van der Waals surface area contributed by atoms with E-state index in [-0.39, 0.29) is 29.6 Å². The molecule has 0 saturated carbocycles. The van der Waals surface area contributed by atoms with Crippen molar-refractivity contribution >= 4 is 36.1 Å². The Morgan fingerprint density at radius 1 is 1.39 bits per heavy atom. The highest BCUT2D eigenvalue weighted by Gasteiger charge is 2.48. The highest BCUT2D eigenvalue weighted by molar-refractivity contribution is 6.31. The minimum atomic E-state index is -4.85. The van der Waals surface area contributed by atoms with Crippen molar-refractivity contribution in [2.75, 3.05) is 0 Å². The van der Waals surface area contributed by atoms with E-state index in [2.05, 4.69) is 4.98 Å². The van der Waals surface area contributed by atoms with Crippen molar-refractivity contribution in [3.63, 3.8) is 0 Å². The molecule has 1 aliphatic heterocycles. The molecule has 28 heavy (non-hydrogen) atoms. The van der Waals surface area contributed by atoms with Gasteiger partial charge in [0.15, 0.2) is 0 Å². The highest BCUT2D eigenvalue weighted by Crippen LogP contribution is 2.39. The quantitative estimate of drug-likeness (QED) is 0.738. The molecule has 2 aromatic rings. The number of alkyl halides is 3. The molecule has 3 rings (SSSR count). The maximum atomic E-state index is 13.2. The van der Waals surface area contributed by atoms with Crippen LogP contribution in [0.5, 0.6) is 5.75 Å². The molecule has 0 amide bonds. The number of carboxylic acids is 1. The number of fused-ring (bicyclic) bond motifs is 1. The van der Waals surface area contributed by atoms with Gasteiger partial charge >= 0.3 is 12.1 Å². The SMILES string of the molecule is CC(C)c1nccn1Cc1cc2c(cc1Cl)C=C(C(=O)O)C(C(F)(F)F)O2.Cl. The molecule has 0 radical (unpaired) electrons. The summed E-state index contributed by atoms with van der Waals surface area (Å²) in [5, 5.41) is 9.38. The van der Waals surface area contributed by atoms with Crippen molar-refractivity contribution in [1.29, 1.82) is 0 Å². The average Bonchev–Trinajstić information content (AvgIpc) is 3.02. The Kier molecular flexibility index (Phi) is 6.35. The van der Waals surface area contributed by atoms with Crippen LogP contribution in [0.1, 0.15) is 36.7 Å². The lowest BCUT2D eigenvalue weighted by atomic mass is 9.99. The Balaban J connectivity index is 0.00000280. The molecule has 0 saturated heterocycles. The minimum absolute atomic E-state index is 0. The summed E-state index contributed by atoms with van der Waals surface area (Å²) in [6.07, 6.45) is -3.04. The molecule has 10 heteroatoms. The number of aliphatic carboxylic acids is 1. The first-order valence-electron chi connectivity index (χ1n) is 8.09. The van der Waals surface area contributed by atoms with Crippen LogP contribution < -0.4 is 4.74 Å². The van der Waals surface area contributed by atoms with E-state index in [4.69, 9.17) is 21.4 Å². The third-order valence-electron chi connectivity index (χ3n) is 4.17. The van der Waals surface area contributed by atoms with E-state index in [0.717, 1.165) is 11.9 Å². The zero-order valence-electron chi connectivity index (χ0n) is 14.8. The number of ether oxygens (including phenoxy) is 1. The van der Waals surface area contributed by atoms with Gasteiger partial charge in [-0.15, -0.1) is 12.4 Å². The maximum absolute atomic E-state index is 13.2. The summed E-state index contributed by atoms with van der Waals surface area (Å²) in [5.74, 6) is -0.787. The highest BCUT2D eigenvalue weighted by atomic mass is 35.5. The van der Waals surface area contributed by atoms with E-state index in [1.165, 1.54) is 12.1 Å². The van der Waals surface area contributed by atoms with Crippen LogP contribution in [0.2, 0.25) is 5.02 Å². The number of carboxylic acid groups (broad SMARTS) is 1. The van der Waals surface area contributed by atoms with Crippen molar-refractivity contribution < 1.29 is 27.8 Å². The molecular formula is C18H17Cl2F3N2O3. The second-order valence-corrected chi connectivity index (χ2v) is 6.90. The summed E-state index contributed by atoms with van der Waals surface area (Å²) in [5.41, 5.74) is -0.143.